The van der Waals surface area contributed by atoms with Crippen LogP contribution in [0, 0.1) is 3.57 Å². The van der Waals surface area contributed by atoms with Crippen molar-refractivity contribution in [1.29, 1.82) is 0 Å². The van der Waals surface area contributed by atoms with Crippen LogP contribution in [0.3, 0.4) is 0 Å². The number of oxazole rings is 1. The number of halogens is 1. The number of hydrogen-bond donors (Lipinski definition) is 1. The molecule has 0 fully saturated rings. The van der Waals surface area contributed by atoms with Gasteiger partial charge < -0.3 is 10.2 Å². The Labute approximate surface area is 135 Å². The summed E-state index contributed by atoms with van der Waals surface area (Å²) in [5, 5.41) is 0. The lowest BCUT2D eigenvalue weighted by Gasteiger charge is -2.12. The molecule has 2 N–H and O–H groups in total. The molecule has 1 heterocycles. The third-order valence-corrected chi connectivity index (χ3v) is 4.32. The fourth-order valence-corrected chi connectivity index (χ4v) is 2.80. The molecule has 0 aliphatic carbocycles. The lowest BCUT2D eigenvalue weighted by molar-refractivity contribution is 0.513. The molecule has 0 spiro atoms. The Morgan fingerprint density at radius 1 is 1.19 bits per heavy atom. The summed E-state index contributed by atoms with van der Waals surface area (Å²) in [6.45, 7) is 2.51. The molecule has 5 heteroatoms. The maximum atomic E-state index is 11.7. The Balaban J connectivity index is 2.04. The van der Waals surface area contributed by atoms with E-state index in [0.29, 0.717) is 12.1 Å². The largest absolute Gasteiger partial charge is 0.419 e. The van der Waals surface area contributed by atoms with Gasteiger partial charge in [0.05, 0.1) is 11.6 Å². The summed E-state index contributed by atoms with van der Waals surface area (Å²) in [5.41, 5.74) is 9.66. The smallest absolute Gasteiger partial charge is 0.408 e. The van der Waals surface area contributed by atoms with Gasteiger partial charge in [-0.25, -0.2) is 4.79 Å². The molecule has 2 aromatic carbocycles. The maximum Gasteiger partial charge on any atom is 0.419 e. The van der Waals surface area contributed by atoms with Gasteiger partial charge in [0.2, 0.25) is 0 Å². The summed E-state index contributed by atoms with van der Waals surface area (Å²) in [6, 6.07) is 13.6. The highest BCUT2D eigenvalue weighted by Gasteiger charge is 2.13. The van der Waals surface area contributed by atoms with Gasteiger partial charge in [0, 0.05) is 10.1 Å². The average molecular weight is 394 g/mol. The van der Waals surface area contributed by atoms with Crippen molar-refractivity contribution < 1.29 is 4.42 Å². The van der Waals surface area contributed by atoms with E-state index < -0.39 is 0 Å². The molecule has 1 atom stereocenters. The van der Waals surface area contributed by atoms with Gasteiger partial charge in [0.1, 0.15) is 0 Å². The highest BCUT2D eigenvalue weighted by molar-refractivity contribution is 14.1. The zero-order valence-corrected chi connectivity index (χ0v) is 13.7. The number of nitrogens with zero attached hydrogens (tertiary/aromatic N) is 1. The fraction of sp³-hybridized carbons (Fsp3) is 0.188. The highest BCUT2D eigenvalue weighted by Crippen LogP contribution is 2.24. The van der Waals surface area contributed by atoms with Crippen LogP contribution < -0.4 is 11.5 Å². The van der Waals surface area contributed by atoms with Crippen LogP contribution in [0.5, 0.6) is 0 Å². The number of nitrogens with two attached hydrogens (primary N) is 1. The van der Waals surface area contributed by atoms with Crippen LogP contribution in [0.2, 0.25) is 0 Å². The third-order valence-electron chi connectivity index (χ3n) is 3.60. The third kappa shape index (κ3) is 2.63. The second-order valence-electron chi connectivity index (χ2n) is 4.87. The number of aromatic nitrogens is 1. The lowest BCUT2D eigenvalue weighted by atomic mass is 9.99. The Hall–Kier alpha value is -1.60. The predicted molar refractivity (Wildman–Crippen MR) is 91.3 cm³/mol. The molecule has 0 saturated heterocycles. The van der Waals surface area contributed by atoms with Gasteiger partial charge in [-0.3, -0.25) is 4.57 Å². The number of aryl methyl sites for hydroxylation is 1. The molecule has 21 heavy (non-hydrogen) atoms. The van der Waals surface area contributed by atoms with Gasteiger partial charge in [-0.1, -0.05) is 18.2 Å². The van der Waals surface area contributed by atoms with E-state index in [-0.39, 0.29) is 11.8 Å². The number of benzene rings is 2. The molecular weight excluding hydrogens is 379 g/mol. The summed E-state index contributed by atoms with van der Waals surface area (Å²) < 4.78 is 8.06. The van der Waals surface area contributed by atoms with E-state index in [1.165, 1.54) is 3.57 Å². The summed E-state index contributed by atoms with van der Waals surface area (Å²) in [6.07, 6.45) is 0. The number of rotatable bonds is 3. The second-order valence-corrected chi connectivity index (χ2v) is 6.11. The summed E-state index contributed by atoms with van der Waals surface area (Å²) in [4.78, 5) is 11.7. The van der Waals surface area contributed by atoms with E-state index in [1.54, 1.807) is 4.57 Å². The summed E-state index contributed by atoms with van der Waals surface area (Å²) in [5.74, 6) is -0.326. The highest BCUT2D eigenvalue weighted by atomic mass is 127. The van der Waals surface area contributed by atoms with E-state index in [4.69, 9.17) is 10.2 Å². The van der Waals surface area contributed by atoms with Crippen LogP contribution in [-0.4, -0.2) is 4.57 Å². The second kappa shape index (κ2) is 5.65. The van der Waals surface area contributed by atoms with E-state index >= 15 is 0 Å². The zero-order valence-electron chi connectivity index (χ0n) is 11.5. The minimum atomic E-state index is -0.326. The standard InChI is InChI=1S/C16H15IN2O2/c1-2-19-13-8-5-11(9-14(13)21-16(19)20)15(18)10-3-6-12(17)7-4-10/h3-9,15H,2,18H2,1H3. The predicted octanol–water partition coefficient (Wildman–Crippen LogP) is 3.27. The number of fused-ring (bicyclic) bond motifs is 1. The fourth-order valence-electron chi connectivity index (χ4n) is 2.44. The zero-order chi connectivity index (χ0) is 15.0. The van der Waals surface area contributed by atoms with Gasteiger partial charge in [-0.15, -0.1) is 0 Å². The molecule has 0 saturated carbocycles. The van der Waals surface area contributed by atoms with Gasteiger partial charge in [-0.2, -0.15) is 0 Å². The first-order valence-electron chi connectivity index (χ1n) is 6.74. The van der Waals surface area contributed by atoms with Crippen LogP contribution in [-0.2, 0) is 6.54 Å². The normalized spacial score (nSPS) is 12.7. The summed E-state index contributed by atoms with van der Waals surface area (Å²) >= 11 is 2.26. The molecule has 1 aromatic heterocycles. The Bertz CT molecular complexity index is 834. The van der Waals surface area contributed by atoms with Crippen molar-refractivity contribution in [2.24, 2.45) is 5.73 Å². The van der Waals surface area contributed by atoms with Crippen molar-refractivity contribution >= 4 is 33.7 Å². The van der Waals surface area contributed by atoms with E-state index in [1.807, 2.05) is 49.4 Å². The number of hydrogen-bond acceptors (Lipinski definition) is 3. The van der Waals surface area contributed by atoms with Crippen LogP contribution >= 0.6 is 22.6 Å². The Morgan fingerprint density at radius 3 is 2.52 bits per heavy atom. The first-order valence-corrected chi connectivity index (χ1v) is 7.82. The molecule has 0 aliphatic heterocycles. The van der Waals surface area contributed by atoms with E-state index in [0.717, 1.165) is 16.6 Å². The molecule has 1 unspecified atom stereocenters. The average Bonchev–Trinajstić information content (AvgIpc) is 2.81. The maximum absolute atomic E-state index is 11.7. The van der Waals surface area contributed by atoms with Gasteiger partial charge in [0.15, 0.2) is 5.58 Å². The first-order chi connectivity index (χ1) is 10.1. The molecule has 3 aromatic rings. The van der Waals surface area contributed by atoms with Gasteiger partial charge in [-0.05, 0) is 64.9 Å². The van der Waals surface area contributed by atoms with Crippen molar-refractivity contribution in [3.8, 4) is 0 Å². The van der Waals surface area contributed by atoms with Crippen molar-refractivity contribution in [3.63, 3.8) is 0 Å². The minimum absolute atomic E-state index is 0.235. The molecule has 4 nitrogen and oxygen atoms in total. The van der Waals surface area contributed by atoms with Crippen molar-refractivity contribution in [2.75, 3.05) is 0 Å². The first kappa shape index (κ1) is 14.3. The monoisotopic (exact) mass is 394 g/mol. The Kier molecular flexibility index (Phi) is 3.86. The van der Waals surface area contributed by atoms with Crippen LogP contribution in [0.1, 0.15) is 24.1 Å². The Morgan fingerprint density at radius 2 is 1.86 bits per heavy atom. The van der Waals surface area contributed by atoms with Crippen molar-refractivity contribution in [1.82, 2.24) is 4.57 Å². The molecule has 108 valence electrons. The summed E-state index contributed by atoms with van der Waals surface area (Å²) in [7, 11) is 0. The topological polar surface area (TPSA) is 61.2 Å². The molecule has 0 aliphatic rings. The van der Waals surface area contributed by atoms with Crippen LogP contribution in [0.4, 0.5) is 0 Å². The molecule has 0 amide bonds. The van der Waals surface area contributed by atoms with Crippen LogP contribution in [0.15, 0.2) is 51.7 Å². The molecular formula is C16H15IN2O2. The molecule has 0 bridgehead atoms. The van der Waals surface area contributed by atoms with Crippen molar-refractivity contribution in [2.45, 2.75) is 19.5 Å². The SMILES string of the molecule is CCn1c(=O)oc2cc(C(N)c3ccc(I)cc3)ccc21. The van der Waals surface area contributed by atoms with Gasteiger partial charge in [0.25, 0.3) is 0 Å². The molecule has 3 rings (SSSR count). The van der Waals surface area contributed by atoms with Crippen molar-refractivity contribution in [3.05, 3.63) is 67.7 Å². The molecule has 0 radical (unpaired) electrons. The van der Waals surface area contributed by atoms with Crippen LogP contribution in [0.25, 0.3) is 11.1 Å². The minimum Gasteiger partial charge on any atom is -0.408 e. The lowest BCUT2D eigenvalue weighted by Crippen LogP contribution is -2.12. The van der Waals surface area contributed by atoms with Gasteiger partial charge >= 0.3 is 5.76 Å². The van der Waals surface area contributed by atoms with E-state index in [2.05, 4.69) is 22.6 Å². The quantitative estimate of drug-likeness (QED) is 0.694. The van der Waals surface area contributed by atoms with E-state index in [9.17, 15) is 4.79 Å².